The molecule has 5 heteroatoms. The van der Waals surface area contributed by atoms with Crippen molar-refractivity contribution in [2.75, 3.05) is 7.11 Å². The molecule has 0 bridgehead atoms. The van der Waals surface area contributed by atoms with Crippen molar-refractivity contribution in [2.45, 2.75) is 12.3 Å². The van der Waals surface area contributed by atoms with Gasteiger partial charge in [0.1, 0.15) is 5.75 Å². The van der Waals surface area contributed by atoms with E-state index in [0.717, 1.165) is 0 Å². The molecule has 0 radical (unpaired) electrons. The van der Waals surface area contributed by atoms with Gasteiger partial charge in [0.05, 0.1) is 7.11 Å². The number of ether oxygens (including phenoxy) is 1. The molecule has 1 aromatic carbocycles. The summed E-state index contributed by atoms with van der Waals surface area (Å²) >= 11 is 0. The first kappa shape index (κ1) is 10.8. The average Bonchev–Trinajstić information content (AvgIpc) is 2.15. The summed E-state index contributed by atoms with van der Waals surface area (Å²) < 4.78 is 41.1. The minimum Gasteiger partial charge on any atom is -0.496 e. The van der Waals surface area contributed by atoms with E-state index in [0.29, 0.717) is 0 Å². The highest BCUT2D eigenvalue weighted by atomic mass is 19.4. The third-order valence-corrected chi connectivity index (χ3v) is 1.74. The van der Waals surface area contributed by atoms with E-state index in [2.05, 4.69) is 0 Å². The van der Waals surface area contributed by atoms with Crippen molar-refractivity contribution < 1.29 is 23.0 Å². The van der Waals surface area contributed by atoms with Crippen LogP contribution in [0, 0.1) is 0 Å². The van der Waals surface area contributed by atoms with Crippen LogP contribution in [0.15, 0.2) is 24.3 Å². The Morgan fingerprint density at radius 1 is 1.29 bits per heavy atom. The summed E-state index contributed by atoms with van der Waals surface area (Å²) in [5, 5.41) is 8.96. The monoisotopic (exact) mass is 206 g/mol. The standard InChI is InChI=1S/C9H9F3O2/c1-14-7-5-3-2-4-6(7)8(13)9(10,11)12/h2-5,8,13H,1H3. The van der Waals surface area contributed by atoms with Crippen LogP contribution < -0.4 is 4.74 Å². The predicted octanol–water partition coefficient (Wildman–Crippen LogP) is 2.29. The van der Waals surface area contributed by atoms with Crippen LogP contribution in [-0.4, -0.2) is 18.4 Å². The first-order valence-electron chi connectivity index (χ1n) is 3.84. The number of para-hydroxylation sites is 1. The second kappa shape index (κ2) is 3.88. The Hall–Kier alpha value is -1.23. The molecule has 0 aliphatic rings. The lowest BCUT2D eigenvalue weighted by Gasteiger charge is -2.17. The Kier molecular flexibility index (Phi) is 3.00. The molecule has 1 N–H and O–H groups in total. The minimum absolute atomic E-state index is 0.0253. The molecule has 0 aliphatic heterocycles. The molecule has 1 aromatic rings. The lowest BCUT2D eigenvalue weighted by molar-refractivity contribution is -0.207. The van der Waals surface area contributed by atoms with E-state index >= 15 is 0 Å². The second-order valence-corrected chi connectivity index (χ2v) is 2.69. The number of benzene rings is 1. The highest BCUT2D eigenvalue weighted by Crippen LogP contribution is 2.36. The van der Waals surface area contributed by atoms with Crippen molar-refractivity contribution >= 4 is 0 Å². The number of hydrogen-bond donors (Lipinski definition) is 1. The van der Waals surface area contributed by atoms with Gasteiger partial charge in [-0.05, 0) is 6.07 Å². The molecule has 1 atom stereocenters. The van der Waals surface area contributed by atoms with Gasteiger partial charge in [0.15, 0.2) is 6.10 Å². The minimum atomic E-state index is -4.67. The molecular formula is C9H9F3O2. The first-order valence-corrected chi connectivity index (χ1v) is 3.84. The molecule has 0 saturated heterocycles. The molecule has 1 unspecified atom stereocenters. The number of halogens is 3. The van der Waals surface area contributed by atoms with Crippen molar-refractivity contribution in [1.29, 1.82) is 0 Å². The van der Waals surface area contributed by atoms with E-state index < -0.39 is 12.3 Å². The summed E-state index contributed by atoms with van der Waals surface area (Å²) in [4.78, 5) is 0. The molecule has 0 saturated carbocycles. The Morgan fingerprint density at radius 3 is 2.36 bits per heavy atom. The molecule has 78 valence electrons. The van der Waals surface area contributed by atoms with E-state index in [9.17, 15) is 13.2 Å². The van der Waals surface area contributed by atoms with Gasteiger partial charge in [-0.15, -0.1) is 0 Å². The third kappa shape index (κ3) is 2.17. The van der Waals surface area contributed by atoms with Crippen LogP contribution in [-0.2, 0) is 0 Å². The zero-order valence-electron chi connectivity index (χ0n) is 7.38. The third-order valence-electron chi connectivity index (χ3n) is 1.74. The van der Waals surface area contributed by atoms with Crippen LogP contribution in [0.5, 0.6) is 5.75 Å². The van der Waals surface area contributed by atoms with Gasteiger partial charge < -0.3 is 9.84 Å². The molecule has 0 spiro atoms. The highest BCUT2D eigenvalue weighted by Gasteiger charge is 2.40. The van der Waals surface area contributed by atoms with Gasteiger partial charge >= 0.3 is 6.18 Å². The van der Waals surface area contributed by atoms with Gasteiger partial charge in [0, 0.05) is 5.56 Å². The zero-order chi connectivity index (χ0) is 10.8. The summed E-state index contributed by atoms with van der Waals surface area (Å²) in [5.41, 5.74) is -0.275. The molecule has 0 aliphatic carbocycles. The van der Waals surface area contributed by atoms with Gasteiger partial charge in [-0.1, -0.05) is 18.2 Å². The van der Waals surface area contributed by atoms with Gasteiger partial charge in [0.2, 0.25) is 0 Å². The van der Waals surface area contributed by atoms with E-state index in [1.807, 2.05) is 0 Å². The van der Waals surface area contributed by atoms with Crippen LogP contribution in [0.3, 0.4) is 0 Å². The molecular weight excluding hydrogens is 197 g/mol. The molecule has 0 amide bonds. The lowest BCUT2D eigenvalue weighted by atomic mass is 10.1. The molecule has 1 rings (SSSR count). The summed E-state index contributed by atoms with van der Waals surface area (Å²) in [5.74, 6) is 0.0253. The average molecular weight is 206 g/mol. The maximum Gasteiger partial charge on any atom is 0.418 e. The van der Waals surface area contributed by atoms with Crippen molar-refractivity contribution in [3.63, 3.8) is 0 Å². The quantitative estimate of drug-likeness (QED) is 0.804. The SMILES string of the molecule is COc1ccccc1C(O)C(F)(F)F. The Labute approximate surface area is 78.9 Å². The van der Waals surface area contributed by atoms with E-state index in [1.165, 1.54) is 31.4 Å². The van der Waals surface area contributed by atoms with E-state index in [4.69, 9.17) is 9.84 Å². The van der Waals surface area contributed by atoms with Crippen LogP contribution in [0.4, 0.5) is 13.2 Å². The van der Waals surface area contributed by atoms with Crippen molar-refractivity contribution in [3.8, 4) is 5.75 Å². The number of aliphatic hydroxyl groups excluding tert-OH is 1. The van der Waals surface area contributed by atoms with E-state index in [1.54, 1.807) is 0 Å². The fraction of sp³-hybridized carbons (Fsp3) is 0.333. The normalized spacial score (nSPS) is 13.8. The second-order valence-electron chi connectivity index (χ2n) is 2.69. The number of aliphatic hydroxyl groups is 1. The summed E-state index contributed by atoms with van der Waals surface area (Å²) in [6.45, 7) is 0. The number of alkyl halides is 3. The van der Waals surface area contributed by atoms with Gasteiger partial charge in [0.25, 0.3) is 0 Å². The van der Waals surface area contributed by atoms with Crippen LogP contribution >= 0.6 is 0 Å². The topological polar surface area (TPSA) is 29.5 Å². The van der Waals surface area contributed by atoms with Crippen LogP contribution in [0.1, 0.15) is 11.7 Å². The largest absolute Gasteiger partial charge is 0.496 e. The fourth-order valence-corrected chi connectivity index (χ4v) is 1.07. The van der Waals surface area contributed by atoms with Gasteiger partial charge in [-0.3, -0.25) is 0 Å². The van der Waals surface area contributed by atoms with E-state index in [-0.39, 0.29) is 11.3 Å². The predicted molar refractivity (Wildman–Crippen MR) is 44.0 cm³/mol. The Balaban J connectivity index is 3.06. The Bertz CT molecular complexity index is 309. The molecule has 0 aromatic heterocycles. The number of methoxy groups -OCH3 is 1. The fourth-order valence-electron chi connectivity index (χ4n) is 1.07. The van der Waals surface area contributed by atoms with Gasteiger partial charge in [-0.2, -0.15) is 13.2 Å². The summed E-state index contributed by atoms with van der Waals surface area (Å²) in [6.07, 6.45) is -7.17. The molecule has 2 nitrogen and oxygen atoms in total. The highest BCUT2D eigenvalue weighted by molar-refractivity contribution is 5.35. The summed E-state index contributed by atoms with van der Waals surface area (Å²) in [6, 6.07) is 5.49. The van der Waals surface area contributed by atoms with Crippen LogP contribution in [0.2, 0.25) is 0 Å². The maximum absolute atomic E-state index is 12.1. The van der Waals surface area contributed by atoms with Crippen molar-refractivity contribution in [3.05, 3.63) is 29.8 Å². The number of rotatable bonds is 2. The van der Waals surface area contributed by atoms with Crippen molar-refractivity contribution in [1.82, 2.24) is 0 Å². The Morgan fingerprint density at radius 2 is 1.86 bits per heavy atom. The maximum atomic E-state index is 12.1. The molecule has 14 heavy (non-hydrogen) atoms. The zero-order valence-corrected chi connectivity index (χ0v) is 7.38. The smallest absolute Gasteiger partial charge is 0.418 e. The van der Waals surface area contributed by atoms with Crippen molar-refractivity contribution in [2.24, 2.45) is 0 Å². The molecule has 0 heterocycles. The molecule has 0 fully saturated rings. The first-order chi connectivity index (χ1) is 6.46. The lowest BCUT2D eigenvalue weighted by Crippen LogP contribution is -2.20. The van der Waals surface area contributed by atoms with Gasteiger partial charge in [-0.25, -0.2) is 0 Å². The summed E-state index contributed by atoms with van der Waals surface area (Å²) in [7, 11) is 1.25. The number of hydrogen-bond acceptors (Lipinski definition) is 2. The van der Waals surface area contributed by atoms with Crippen LogP contribution in [0.25, 0.3) is 0 Å².